The summed E-state index contributed by atoms with van der Waals surface area (Å²) in [6.07, 6.45) is 5.86. The average Bonchev–Trinajstić information content (AvgIpc) is 2.20. The molecule has 0 saturated heterocycles. The number of hydrogen-bond donors (Lipinski definition) is 2. The Morgan fingerprint density at radius 1 is 1.29 bits per heavy atom. The van der Waals surface area contributed by atoms with E-state index in [4.69, 9.17) is 5.73 Å². The third kappa shape index (κ3) is 7.60. The molecule has 0 rings (SSSR count). The summed E-state index contributed by atoms with van der Waals surface area (Å²) in [7, 11) is 0. The van der Waals surface area contributed by atoms with Gasteiger partial charge in [0, 0.05) is 6.54 Å². The molecule has 0 spiro atoms. The van der Waals surface area contributed by atoms with Crippen LogP contribution in [-0.2, 0) is 0 Å². The molecule has 0 aliphatic heterocycles. The Bertz CT molecular complexity index is 220. The monoisotopic (exact) mass is 192 g/mol. The van der Waals surface area contributed by atoms with Gasteiger partial charge in [0.2, 0.25) is 0 Å². The van der Waals surface area contributed by atoms with E-state index in [9.17, 15) is 0 Å². The van der Waals surface area contributed by atoms with Crippen LogP contribution in [0.4, 0.5) is 0 Å². The summed E-state index contributed by atoms with van der Waals surface area (Å²) >= 11 is 0. The van der Waals surface area contributed by atoms with Crippen molar-refractivity contribution in [2.75, 3.05) is 19.6 Å². The molecular weight excluding hydrogens is 172 g/mol. The Kier molecular flexibility index (Phi) is 9.30. The molecule has 0 aliphatic rings. The highest BCUT2D eigenvalue weighted by Gasteiger charge is 2.04. The summed E-state index contributed by atoms with van der Waals surface area (Å²) in [5.74, 6) is 0.576. The molecule has 0 saturated carbocycles. The highest BCUT2D eigenvalue weighted by Crippen LogP contribution is 2.06. The van der Waals surface area contributed by atoms with Crippen molar-refractivity contribution in [1.82, 2.24) is 5.32 Å². The minimum atomic E-state index is 0.576. The maximum absolute atomic E-state index is 5.52. The van der Waals surface area contributed by atoms with Crippen LogP contribution in [-0.4, -0.2) is 19.6 Å². The maximum Gasteiger partial charge on any atom is 0.0209 e. The lowest BCUT2D eigenvalue weighted by Crippen LogP contribution is -2.24. The minimum absolute atomic E-state index is 0.576. The second kappa shape index (κ2) is 10.0. The van der Waals surface area contributed by atoms with E-state index in [-0.39, 0.29) is 0 Å². The zero-order valence-corrected chi connectivity index (χ0v) is 8.76. The standard InChI is InChI=1S/C12H20N2/c1-3-5-7-12(8-9-13)11-14-10-6-4-2/h5-6,12,14H,1-2,7-11,13H2. The second-order valence-corrected chi connectivity index (χ2v) is 3.15. The third-order valence-electron chi connectivity index (χ3n) is 1.99. The third-order valence-corrected chi connectivity index (χ3v) is 1.99. The number of rotatable bonds is 8. The van der Waals surface area contributed by atoms with Crippen LogP contribution in [0.15, 0.2) is 36.8 Å². The van der Waals surface area contributed by atoms with Crippen LogP contribution in [0.3, 0.4) is 0 Å². The van der Waals surface area contributed by atoms with Gasteiger partial charge in [-0.15, -0.1) is 11.5 Å². The molecule has 3 N–H and O–H groups in total. The van der Waals surface area contributed by atoms with E-state index in [1.165, 1.54) is 0 Å². The zero-order valence-electron chi connectivity index (χ0n) is 8.76. The van der Waals surface area contributed by atoms with E-state index in [1.54, 1.807) is 0 Å². The van der Waals surface area contributed by atoms with Crippen LogP contribution >= 0.6 is 0 Å². The highest BCUT2D eigenvalue weighted by molar-refractivity contribution is 4.82. The van der Waals surface area contributed by atoms with Crippen molar-refractivity contribution in [3.63, 3.8) is 0 Å². The molecule has 14 heavy (non-hydrogen) atoms. The molecule has 0 heterocycles. The molecule has 0 aromatic rings. The van der Waals surface area contributed by atoms with Crippen molar-refractivity contribution in [3.8, 4) is 0 Å². The molecule has 2 heteroatoms. The average molecular weight is 192 g/mol. The normalized spacial score (nSPS) is 11.2. The van der Waals surface area contributed by atoms with Crippen LogP contribution < -0.4 is 11.1 Å². The van der Waals surface area contributed by atoms with E-state index in [0.29, 0.717) is 5.92 Å². The fraction of sp³-hybridized carbons (Fsp3) is 0.500. The lowest BCUT2D eigenvalue weighted by atomic mass is 10.0. The summed E-state index contributed by atoms with van der Waals surface area (Å²) in [6.45, 7) is 9.56. The zero-order chi connectivity index (χ0) is 10.6. The molecule has 0 aromatic heterocycles. The van der Waals surface area contributed by atoms with Gasteiger partial charge < -0.3 is 11.1 Å². The Morgan fingerprint density at radius 2 is 2.00 bits per heavy atom. The first-order valence-corrected chi connectivity index (χ1v) is 4.94. The Morgan fingerprint density at radius 3 is 2.57 bits per heavy atom. The van der Waals surface area contributed by atoms with E-state index >= 15 is 0 Å². The summed E-state index contributed by atoms with van der Waals surface area (Å²) in [5, 5.41) is 3.30. The van der Waals surface area contributed by atoms with Gasteiger partial charge in [0.05, 0.1) is 0 Å². The molecule has 0 radical (unpaired) electrons. The summed E-state index contributed by atoms with van der Waals surface area (Å²) < 4.78 is 0. The van der Waals surface area contributed by atoms with Crippen molar-refractivity contribution in [2.45, 2.75) is 12.8 Å². The van der Waals surface area contributed by atoms with Gasteiger partial charge in [-0.2, -0.15) is 0 Å². The fourth-order valence-electron chi connectivity index (χ4n) is 1.22. The molecule has 0 aliphatic carbocycles. The smallest absolute Gasteiger partial charge is 0.0209 e. The van der Waals surface area contributed by atoms with Gasteiger partial charge in [-0.1, -0.05) is 13.2 Å². The molecule has 0 bridgehead atoms. The van der Waals surface area contributed by atoms with Crippen molar-refractivity contribution >= 4 is 0 Å². The summed E-state index contributed by atoms with van der Waals surface area (Å²) in [5.41, 5.74) is 11.0. The van der Waals surface area contributed by atoms with E-state index in [1.807, 2.05) is 12.2 Å². The predicted molar refractivity (Wildman–Crippen MR) is 62.1 cm³/mol. The van der Waals surface area contributed by atoms with Crippen LogP contribution in [0.5, 0.6) is 0 Å². The number of hydrogen-bond acceptors (Lipinski definition) is 2. The first kappa shape index (κ1) is 13.0. The molecule has 0 aromatic carbocycles. The van der Waals surface area contributed by atoms with Crippen LogP contribution in [0.2, 0.25) is 0 Å². The quantitative estimate of drug-likeness (QED) is 0.453. The number of nitrogens with one attached hydrogen (secondary N) is 1. The Balaban J connectivity index is 3.71. The SMILES string of the molecule is C=C=CCNCC(CC=C=C)CCN. The lowest BCUT2D eigenvalue weighted by molar-refractivity contribution is 0.467. The van der Waals surface area contributed by atoms with E-state index in [0.717, 1.165) is 32.5 Å². The molecular formula is C12H20N2. The Hall–Kier alpha value is -1.04. The van der Waals surface area contributed by atoms with Gasteiger partial charge in [-0.05, 0) is 44.0 Å². The van der Waals surface area contributed by atoms with Crippen molar-refractivity contribution in [1.29, 1.82) is 0 Å². The lowest BCUT2D eigenvalue weighted by Gasteiger charge is -2.13. The van der Waals surface area contributed by atoms with Gasteiger partial charge in [0.15, 0.2) is 0 Å². The van der Waals surface area contributed by atoms with Gasteiger partial charge in [0.1, 0.15) is 0 Å². The van der Waals surface area contributed by atoms with Crippen LogP contribution in [0.25, 0.3) is 0 Å². The summed E-state index contributed by atoms with van der Waals surface area (Å²) in [4.78, 5) is 0. The van der Waals surface area contributed by atoms with Crippen molar-refractivity contribution in [2.24, 2.45) is 11.7 Å². The van der Waals surface area contributed by atoms with Gasteiger partial charge in [0.25, 0.3) is 0 Å². The number of nitrogens with two attached hydrogens (primary N) is 1. The molecule has 78 valence electrons. The maximum atomic E-state index is 5.52. The van der Waals surface area contributed by atoms with Crippen molar-refractivity contribution < 1.29 is 0 Å². The highest BCUT2D eigenvalue weighted by atomic mass is 14.8. The van der Waals surface area contributed by atoms with Crippen molar-refractivity contribution in [3.05, 3.63) is 36.8 Å². The molecule has 0 fully saturated rings. The number of allylic oxidation sites excluding steroid dienone is 1. The molecule has 1 atom stereocenters. The molecule has 2 nitrogen and oxygen atoms in total. The Labute approximate surface area is 86.9 Å². The van der Waals surface area contributed by atoms with Gasteiger partial charge >= 0.3 is 0 Å². The van der Waals surface area contributed by atoms with Gasteiger partial charge in [-0.3, -0.25) is 0 Å². The van der Waals surface area contributed by atoms with Gasteiger partial charge in [-0.25, -0.2) is 0 Å². The van der Waals surface area contributed by atoms with Crippen LogP contribution in [0.1, 0.15) is 12.8 Å². The molecule has 0 amide bonds. The van der Waals surface area contributed by atoms with Crippen LogP contribution in [0, 0.1) is 5.92 Å². The fourth-order valence-corrected chi connectivity index (χ4v) is 1.22. The first-order chi connectivity index (χ1) is 6.85. The minimum Gasteiger partial charge on any atom is -0.330 e. The summed E-state index contributed by atoms with van der Waals surface area (Å²) in [6, 6.07) is 0. The molecule has 1 unspecified atom stereocenters. The second-order valence-electron chi connectivity index (χ2n) is 3.15. The predicted octanol–water partition coefficient (Wildman–Crippen LogP) is 1.61. The topological polar surface area (TPSA) is 38.0 Å². The largest absolute Gasteiger partial charge is 0.330 e. The van der Waals surface area contributed by atoms with E-state index < -0.39 is 0 Å². The first-order valence-electron chi connectivity index (χ1n) is 4.94. The van der Waals surface area contributed by atoms with E-state index in [2.05, 4.69) is 29.9 Å².